The number of carbonyl (C=O) groups is 2. The number of benzene rings is 1. The molecule has 5 nitrogen and oxygen atoms in total. The van der Waals surface area contributed by atoms with Gasteiger partial charge in [0.1, 0.15) is 17.9 Å². The lowest BCUT2D eigenvalue weighted by Crippen LogP contribution is -2.70. The minimum Gasteiger partial charge on any atom is -0.492 e. The Morgan fingerprint density at radius 3 is 2.81 bits per heavy atom. The zero-order valence-corrected chi connectivity index (χ0v) is 15.6. The highest BCUT2D eigenvalue weighted by Crippen LogP contribution is 2.38. The Hall–Kier alpha value is -1.66. The van der Waals surface area contributed by atoms with Crippen molar-refractivity contribution < 1.29 is 18.7 Å². The van der Waals surface area contributed by atoms with Crippen LogP contribution in [0.4, 0.5) is 4.39 Å². The van der Waals surface area contributed by atoms with Gasteiger partial charge in [0.2, 0.25) is 5.91 Å². The molecule has 1 aromatic rings. The molecular formula is C19H24ClFN2O3. The maximum atomic E-state index is 13.0. The van der Waals surface area contributed by atoms with Gasteiger partial charge in [-0.25, -0.2) is 4.39 Å². The van der Waals surface area contributed by atoms with Crippen LogP contribution < -0.4 is 10.1 Å². The fourth-order valence-corrected chi connectivity index (χ4v) is 3.97. The number of hydrogen-bond acceptors (Lipinski definition) is 4. The number of nitrogens with zero attached hydrogens (tertiary/aromatic N) is 1. The Kier molecular flexibility index (Phi) is 5.82. The number of rotatable bonds is 8. The number of nitrogens with one attached hydrogen (secondary N) is 1. The van der Waals surface area contributed by atoms with Crippen LogP contribution in [0.15, 0.2) is 18.2 Å². The van der Waals surface area contributed by atoms with E-state index in [9.17, 15) is 14.0 Å². The van der Waals surface area contributed by atoms with Gasteiger partial charge in [0, 0.05) is 25.4 Å². The molecule has 1 heterocycles. The third-order valence-corrected chi connectivity index (χ3v) is 5.82. The Bertz CT molecular complexity index is 673. The first kappa shape index (κ1) is 19.1. The summed E-state index contributed by atoms with van der Waals surface area (Å²) in [5.74, 6) is 0.637. The molecule has 1 aromatic carbocycles. The number of ether oxygens (including phenoxy) is 1. The fourth-order valence-electron chi connectivity index (χ4n) is 3.75. The summed E-state index contributed by atoms with van der Waals surface area (Å²) >= 11 is 5.94. The summed E-state index contributed by atoms with van der Waals surface area (Å²) in [5.41, 5.74) is -0.109. The van der Waals surface area contributed by atoms with Gasteiger partial charge in [-0.3, -0.25) is 4.79 Å². The average molecular weight is 383 g/mol. The highest BCUT2D eigenvalue weighted by atomic mass is 35.5. The van der Waals surface area contributed by atoms with Gasteiger partial charge in [-0.1, -0.05) is 11.6 Å². The van der Waals surface area contributed by atoms with Crippen LogP contribution in [0, 0.1) is 17.7 Å². The largest absolute Gasteiger partial charge is 0.492 e. The first-order chi connectivity index (χ1) is 12.5. The van der Waals surface area contributed by atoms with Crippen LogP contribution in [0.3, 0.4) is 0 Å². The molecule has 0 bridgehead atoms. The molecule has 2 aliphatic rings. The van der Waals surface area contributed by atoms with Crippen molar-refractivity contribution in [3.05, 3.63) is 29.0 Å². The third-order valence-electron chi connectivity index (χ3n) is 5.52. The van der Waals surface area contributed by atoms with E-state index in [1.54, 1.807) is 0 Å². The molecule has 142 valence electrons. The average Bonchev–Trinajstić information content (AvgIpc) is 2.54. The minimum atomic E-state index is -0.392. The molecule has 0 spiro atoms. The lowest BCUT2D eigenvalue weighted by Gasteiger charge is -2.52. The van der Waals surface area contributed by atoms with E-state index in [1.807, 2.05) is 11.9 Å². The van der Waals surface area contributed by atoms with E-state index in [2.05, 4.69) is 5.32 Å². The second-order valence-corrected chi connectivity index (χ2v) is 7.76. The molecule has 0 unspecified atom stereocenters. The molecule has 3 rings (SSSR count). The van der Waals surface area contributed by atoms with Gasteiger partial charge in [0.15, 0.2) is 0 Å². The highest BCUT2D eigenvalue weighted by molar-refractivity contribution is 6.32. The summed E-state index contributed by atoms with van der Waals surface area (Å²) in [6, 6.07) is 4.07. The Balaban J connectivity index is 1.40. The van der Waals surface area contributed by atoms with Crippen LogP contribution in [0.5, 0.6) is 5.75 Å². The molecule has 0 aromatic heterocycles. The predicted molar refractivity (Wildman–Crippen MR) is 96.8 cm³/mol. The number of aldehydes is 1. The van der Waals surface area contributed by atoms with Crippen LogP contribution in [-0.2, 0) is 9.59 Å². The number of hydrogen-bond donors (Lipinski definition) is 1. The van der Waals surface area contributed by atoms with E-state index in [4.69, 9.17) is 16.3 Å². The van der Waals surface area contributed by atoms with Crippen molar-refractivity contribution >= 4 is 23.8 Å². The quantitative estimate of drug-likeness (QED) is 0.702. The van der Waals surface area contributed by atoms with Gasteiger partial charge in [-0.05, 0) is 50.4 Å². The summed E-state index contributed by atoms with van der Waals surface area (Å²) in [6.45, 7) is 1.81. The molecule has 1 saturated heterocycles. The van der Waals surface area contributed by atoms with Crippen molar-refractivity contribution in [2.24, 2.45) is 11.8 Å². The van der Waals surface area contributed by atoms with Crippen molar-refractivity contribution in [2.75, 3.05) is 26.7 Å². The van der Waals surface area contributed by atoms with Crippen LogP contribution in [-0.4, -0.2) is 49.4 Å². The lowest BCUT2D eigenvalue weighted by atomic mass is 9.73. The number of likely N-dealkylation sites (tertiary alicyclic amines) is 1. The molecule has 2 fully saturated rings. The van der Waals surface area contributed by atoms with Crippen LogP contribution in [0.2, 0.25) is 5.02 Å². The fraction of sp³-hybridized carbons (Fsp3) is 0.579. The first-order valence-electron chi connectivity index (χ1n) is 8.95. The zero-order valence-electron chi connectivity index (χ0n) is 14.8. The highest BCUT2D eigenvalue weighted by Gasteiger charge is 2.47. The van der Waals surface area contributed by atoms with E-state index in [0.717, 1.165) is 25.5 Å². The molecule has 26 heavy (non-hydrogen) atoms. The maximum Gasteiger partial charge on any atom is 0.225 e. The van der Waals surface area contributed by atoms with E-state index in [0.29, 0.717) is 37.8 Å². The van der Waals surface area contributed by atoms with E-state index < -0.39 is 5.82 Å². The smallest absolute Gasteiger partial charge is 0.225 e. The summed E-state index contributed by atoms with van der Waals surface area (Å²) in [5, 5.41) is 3.51. The van der Waals surface area contributed by atoms with Crippen molar-refractivity contribution in [2.45, 2.75) is 31.2 Å². The molecular weight excluding hydrogens is 359 g/mol. The zero-order chi connectivity index (χ0) is 18.7. The van der Waals surface area contributed by atoms with Crippen molar-refractivity contribution in [3.8, 4) is 5.75 Å². The van der Waals surface area contributed by atoms with Crippen LogP contribution in [0.25, 0.3) is 0 Å². The number of amides is 1. The molecule has 1 aliphatic carbocycles. The van der Waals surface area contributed by atoms with E-state index >= 15 is 0 Å². The number of halogens is 2. The molecule has 1 saturated carbocycles. The lowest BCUT2D eigenvalue weighted by molar-refractivity contribution is -0.149. The Morgan fingerprint density at radius 1 is 1.46 bits per heavy atom. The van der Waals surface area contributed by atoms with Gasteiger partial charge in [0.25, 0.3) is 0 Å². The summed E-state index contributed by atoms with van der Waals surface area (Å²) in [4.78, 5) is 25.0. The normalized spacial score (nSPS) is 23.7. The minimum absolute atomic E-state index is 0.0493. The van der Waals surface area contributed by atoms with Crippen molar-refractivity contribution in [1.29, 1.82) is 0 Å². The van der Waals surface area contributed by atoms with Gasteiger partial charge in [0.05, 0.1) is 17.2 Å². The van der Waals surface area contributed by atoms with Crippen LogP contribution in [0.1, 0.15) is 25.7 Å². The molecule has 7 heteroatoms. The predicted octanol–water partition coefficient (Wildman–Crippen LogP) is 2.66. The summed E-state index contributed by atoms with van der Waals surface area (Å²) in [6.07, 6.45) is 3.80. The van der Waals surface area contributed by atoms with E-state index in [-0.39, 0.29) is 22.4 Å². The molecule has 1 aliphatic heterocycles. The first-order valence-corrected chi connectivity index (χ1v) is 9.33. The second kappa shape index (κ2) is 7.92. The molecule has 0 atom stereocenters. The standard InChI is InChI=1S/C19H24ClFN2O3/c1-22-19(5-2-6-24)11-23(12-19)18(25)14-7-13(8-14)10-26-17-4-3-15(21)9-16(17)20/h3-4,6,9,13-14,22H,2,5,7-8,10-12H2,1H3. The second-order valence-electron chi connectivity index (χ2n) is 7.35. The summed E-state index contributed by atoms with van der Waals surface area (Å²) in [7, 11) is 1.88. The maximum absolute atomic E-state index is 13.0. The monoisotopic (exact) mass is 382 g/mol. The van der Waals surface area contributed by atoms with Crippen molar-refractivity contribution in [1.82, 2.24) is 10.2 Å². The molecule has 1 N–H and O–H groups in total. The topological polar surface area (TPSA) is 58.6 Å². The van der Waals surface area contributed by atoms with Gasteiger partial charge < -0.3 is 19.7 Å². The van der Waals surface area contributed by atoms with Crippen LogP contribution >= 0.6 is 11.6 Å². The van der Waals surface area contributed by atoms with Gasteiger partial charge in [-0.2, -0.15) is 0 Å². The summed E-state index contributed by atoms with van der Waals surface area (Å²) < 4.78 is 18.7. The van der Waals surface area contributed by atoms with Gasteiger partial charge >= 0.3 is 0 Å². The van der Waals surface area contributed by atoms with E-state index in [1.165, 1.54) is 18.2 Å². The molecule has 0 radical (unpaired) electrons. The third kappa shape index (κ3) is 4.01. The SMILES string of the molecule is CNC1(CCC=O)CN(C(=O)C2CC(COc3ccc(F)cc3Cl)C2)C1. The van der Waals surface area contributed by atoms with Gasteiger partial charge in [-0.15, -0.1) is 0 Å². The molecule has 1 amide bonds. The Morgan fingerprint density at radius 2 is 2.19 bits per heavy atom. The number of likely N-dealkylation sites (N-methyl/N-ethyl adjacent to an activating group) is 1. The van der Waals surface area contributed by atoms with Crippen molar-refractivity contribution in [3.63, 3.8) is 0 Å². The number of carbonyl (C=O) groups excluding carboxylic acids is 2. The Labute approximate surface area is 157 Å².